The Bertz CT molecular complexity index is 721. The first-order valence-corrected chi connectivity index (χ1v) is 9.70. The number of hydrogen-bond acceptors (Lipinski definition) is 2. The summed E-state index contributed by atoms with van der Waals surface area (Å²) in [6, 6.07) is 16.4. The van der Waals surface area contributed by atoms with Crippen LogP contribution in [-0.4, -0.2) is 23.9 Å². The molecule has 3 nitrogen and oxygen atoms in total. The van der Waals surface area contributed by atoms with Crippen molar-refractivity contribution >= 4 is 5.91 Å². The van der Waals surface area contributed by atoms with Crippen LogP contribution in [0.25, 0.3) is 0 Å². The number of nitrogens with zero attached hydrogens (tertiary/aromatic N) is 1. The molecule has 1 aliphatic rings. The van der Waals surface area contributed by atoms with Crippen molar-refractivity contribution in [3.05, 3.63) is 70.8 Å². The van der Waals surface area contributed by atoms with Gasteiger partial charge >= 0.3 is 0 Å². The molecule has 3 rings (SSSR count). The molecule has 1 fully saturated rings. The van der Waals surface area contributed by atoms with Crippen LogP contribution in [0.15, 0.2) is 48.5 Å². The molecule has 0 saturated carbocycles. The van der Waals surface area contributed by atoms with E-state index in [9.17, 15) is 4.79 Å². The normalized spacial score (nSPS) is 19.1. The first-order valence-electron chi connectivity index (χ1n) is 9.70. The minimum Gasteiger partial charge on any atom is -0.346 e. The second kappa shape index (κ2) is 8.50. The van der Waals surface area contributed by atoms with E-state index in [1.165, 1.54) is 37.1 Å². The molecule has 0 radical (unpaired) electrons. The Kier molecular flexibility index (Phi) is 6.10. The van der Waals surface area contributed by atoms with E-state index in [0.717, 1.165) is 23.6 Å². The van der Waals surface area contributed by atoms with Gasteiger partial charge in [-0.25, -0.2) is 0 Å². The second-order valence-corrected chi connectivity index (χ2v) is 7.79. The Balaban J connectivity index is 1.57. The summed E-state index contributed by atoms with van der Waals surface area (Å²) < 4.78 is 0. The number of likely N-dealkylation sites (tertiary alicyclic amines) is 1. The van der Waals surface area contributed by atoms with E-state index in [1.54, 1.807) is 0 Å². The van der Waals surface area contributed by atoms with Gasteiger partial charge in [-0.3, -0.25) is 9.69 Å². The fourth-order valence-corrected chi connectivity index (χ4v) is 3.67. The highest BCUT2D eigenvalue weighted by molar-refractivity contribution is 5.94. The highest BCUT2D eigenvalue weighted by atomic mass is 16.1. The van der Waals surface area contributed by atoms with Gasteiger partial charge in [0.25, 0.3) is 5.91 Å². The summed E-state index contributed by atoms with van der Waals surface area (Å²) in [5.74, 6) is 0.772. The van der Waals surface area contributed by atoms with Gasteiger partial charge in [-0.05, 0) is 62.4 Å². The average Bonchev–Trinajstić information content (AvgIpc) is 2.63. The molecule has 3 heteroatoms. The van der Waals surface area contributed by atoms with Crippen molar-refractivity contribution in [3.63, 3.8) is 0 Å². The molecule has 1 amide bonds. The van der Waals surface area contributed by atoms with Crippen molar-refractivity contribution in [2.45, 2.75) is 46.2 Å². The number of amides is 1. The largest absolute Gasteiger partial charge is 0.346 e. The first-order chi connectivity index (χ1) is 12.5. The van der Waals surface area contributed by atoms with Gasteiger partial charge in [0.15, 0.2) is 0 Å². The third-order valence-electron chi connectivity index (χ3n) is 5.29. The first kappa shape index (κ1) is 18.7. The van der Waals surface area contributed by atoms with Crippen molar-refractivity contribution in [2.24, 2.45) is 5.92 Å². The van der Waals surface area contributed by atoms with Crippen LogP contribution in [-0.2, 0) is 6.54 Å². The van der Waals surface area contributed by atoms with Crippen LogP contribution in [0.3, 0.4) is 0 Å². The van der Waals surface area contributed by atoms with Gasteiger partial charge in [0.05, 0.1) is 6.04 Å². The maximum atomic E-state index is 12.5. The molecule has 0 aromatic heterocycles. The van der Waals surface area contributed by atoms with Crippen molar-refractivity contribution in [1.29, 1.82) is 0 Å². The van der Waals surface area contributed by atoms with Gasteiger partial charge in [0, 0.05) is 18.7 Å². The molecule has 138 valence electrons. The molecule has 0 aliphatic carbocycles. The maximum absolute atomic E-state index is 12.5. The Labute approximate surface area is 157 Å². The van der Waals surface area contributed by atoms with Crippen LogP contribution in [0.5, 0.6) is 0 Å². The molecular formula is C23H30N2O. The van der Waals surface area contributed by atoms with Gasteiger partial charge in [-0.1, -0.05) is 48.9 Å². The van der Waals surface area contributed by atoms with Gasteiger partial charge < -0.3 is 5.32 Å². The lowest BCUT2D eigenvalue weighted by molar-refractivity contribution is 0.0940. The fourth-order valence-electron chi connectivity index (χ4n) is 3.67. The number of carbonyl (C=O) groups is 1. The number of hydrogen-bond donors (Lipinski definition) is 1. The zero-order valence-corrected chi connectivity index (χ0v) is 16.2. The Morgan fingerprint density at radius 1 is 1.15 bits per heavy atom. The van der Waals surface area contributed by atoms with Crippen LogP contribution in [0.4, 0.5) is 0 Å². The van der Waals surface area contributed by atoms with E-state index in [-0.39, 0.29) is 11.9 Å². The summed E-state index contributed by atoms with van der Waals surface area (Å²) in [6.07, 6.45) is 2.63. The number of piperidine rings is 1. The van der Waals surface area contributed by atoms with Gasteiger partial charge in [-0.15, -0.1) is 0 Å². The maximum Gasteiger partial charge on any atom is 0.251 e. The molecule has 0 unspecified atom stereocenters. The summed E-state index contributed by atoms with van der Waals surface area (Å²) in [5, 5.41) is 3.09. The van der Waals surface area contributed by atoms with E-state index in [0.29, 0.717) is 0 Å². The van der Waals surface area contributed by atoms with E-state index in [2.05, 4.69) is 60.5 Å². The Morgan fingerprint density at radius 2 is 1.85 bits per heavy atom. The van der Waals surface area contributed by atoms with Crippen LogP contribution < -0.4 is 5.32 Å². The predicted octanol–water partition coefficient (Wildman–Crippen LogP) is 4.72. The zero-order valence-electron chi connectivity index (χ0n) is 16.2. The Hall–Kier alpha value is -2.13. The number of nitrogens with one attached hydrogen (secondary N) is 1. The SMILES string of the molecule is Cc1ccc([C@H](C)NC(=O)c2ccc(CN3CCC[C@@H](C)C3)cc2)cc1. The second-order valence-electron chi connectivity index (χ2n) is 7.79. The van der Waals surface area contributed by atoms with Crippen LogP contribution in [0.2, 0.25) is 0 Å². The fraction of sp³-hybridized carbons (Fsp3) is 0.435. The van der Waals surface area contributed by atoms with E-state index in [1.807, 2.05) is 19.1 Å². The molecule has 2 atom stereocenters. The number of aryl methyl sites for hydroxylation is 1. The number of carbonyl (C=O) groups excluding carboxylic acids is 1. The molecule has 0 spiro atoms. The minimum atomic E-state index is -0.0174. The van der Waals surface area contributed by atoms with E-state index in [4.69, 9.17) is 0 Å². The van der Waals surface area contributed by atoms with Crippen LogP contribution in [0.1, 0.15) is 59.8 Å². The summed E-state index contributed by atoms with van der Waals surface area (Å²) in [5.41, 5.74) is 4.35. The molecule has 0 bridgehead atoms. The monoisotopic (exact) mass is 350 g/mol. The van der Waals surface area contributed by atoms with Crippen LogP contribution >= 0.6 is 0 Å². The molecule has 1 aliphatic heterocycles. The molecule has 1 N–H and O–H groups in total. The average molecular weight is 351 g/mol. The van der Waals surface area contributed by atoms with Crippen molar-refractivity contribution in [3.8, 4) is 0 Å². The number of rotatable bonds is 5. The molecule has 1 saturated heterocycles. The highest BCUT2D eigenvalue weighted by Crippen LogP contribution is 2.18. The van der Waals surface area contributed by atoms with E-state index < -0.39 is 0 Å². The van der Waals surface area contributed by atoms with Gasteiger partial charge in [0.2, 0.25) is 0 Å². The van der Waals surface area contributed by atoms with Crippen LogP contribution in [0, 0.1) is 12.8 Å². The quantitative estimate of drug-likeness (QED) is 0.846. The molecule has 2 aromatic carbocycles. The van der Waals surface area contributed by atoms with Crippen molar-refractivity contribution in [1.82, 2.24) is 10.2 Å². The molecule has 26 heavy (non-hydrogen) atoms. The standard InChI is InChI=1S/C23H30N2O/c1-17-6-10-21(11-7-17)19(3)24-23(26)22-12-8-20(9-13-22)16-25-14-4-5-18(2)15-25/h6-13,18-19H,4-5,14-16H2,1-3H3,(H,24,26)/t18-,19+/m1/s1. The number of benzene rings is 2. The summed E-state index contributed by atoms with van der Waals surface area (Å²) in [7, 11) is 0. The summed E-state index contributed by atoms with van der Waals surface area (Å²) in [6.45, 7) is 9.76. The predicted molar refractivity (Wildman–Crippen MR) is 107 cm³/mol. The minimum absolute atomic E-state index is 0.00221. The summed E-state index contributed by atoms with van der Waals surface area (Å²) in [4.78, 5) is 15.0. The van der Waals surface area contributed by atoms with Crippen molar-refractivity contribution < 1.29 is 4.79 Å². The van der Waals surface area contributed by atoms with E-state index >= 15 is 0 Å². The molecular weight excluding hydrogens is 320 g/mol. The third kappa shape index (κ3) is 4.95. The molecule has 1 heterocycles. The molecule has 2 aromatic rings. The smallest absolute Gasteiger partial charge is 0.251 e. The van der Waals surface area contributed by atoms with Gasteiger partial charge in [-0.2, -0.15) is 0 Å². The lowest BCUT2D eigenvalue weighted by atomic mass is 9.99. The zero-order chi connectivity index (χ0) is 18.5. The lowest BCUT2D eigenvalue weighted by Gasteiger charge is -2.30. The lowest BCUT2D eigenvalue weighted by Crippen LogP contribution is -2.33. The van der Waals surface area contributed by atoms with Crippen molar-refractivity contribution in [2.75, 3.05) is 13.1 Å². The summed E-state index contributed by atoms with van der Waals surface area (Å²) >= 11 is 0. The highest BCUT2D eigenvalue weighted by Gasteiger charge is 2.16. The topological polar surface area (TPSA) is 32.3 Å². The van der Waals surface area contributed by atoms with Gasteiger partial charge in [0.1, 0.15) is 0 Å². The Morgan fingerprint density at radius 3 is 2.50 bits per heavy atom. The third-order valence-corrected chi connectivity index (χ3v) is 5.29.